The molecule has 0 aromatic carbocycles. The van der Waals surface area contributed by atoms with Crippen LogP contribution in [0.2, 0.25) is 0 Å². The van der Waals surface area contributed by atoms with Gasteiger partial charge in [-0.3, -0.25) is 10.00 Å². The first-order valence-electron chi connectivity index (χ1n) is 6.79. The molecular weight excluding hydrogens is 238 g/mol. The second-order valence-electron chi connectivity index (χ2n) is 5.22. The molecule has 0 aliphatic carbocycles. The number of H-pyrrole nitrogens is 1. The number of likely N-dealkylation sites (tertiary alicyclic amines) is 1. The fourth-order valence-electron chi connectivity index (χ4n) is 2.68. The van der Waals surface area contributed by atoms with Crippen LogP contribution in [-0.2, 0) is 0 Å². The van der Waals surface area contributed by atoms with Crippen molar-refractivity contribution in [2.24, 2.45) is 0 Å². The molecule has 2 aromatic heterocycles. The molecule has 0 bridgehead atoms. The van der Waals surface area contributed by atoms with Gasteiger partial charge in [0.05, 0.1) is 17.4 Å². The van der Waals surface area contributed by atoms with Crippen LogP contribution in [0.3, 0.4) is 0 Å². The molecule has 1 aliphatic heterocycles. The quantitative estimate of drug-likeness (QED) is 0.897. The number of hydrogen-bond donors (Lipinski definition) is 1. The third-order valence-electron chi connectivity index (χ3n) is 3.72. The molecule has 1 fully saturated rings. The van der Waals surface area contributed by atoms with Gasteiger partial charge in [0.2, 0.25) is 0 Å². The average molecular weight is 257 g/mol. The lowest BCUT2D eigenvalue weighted by molar-refractivity contribution is 0.179. The lowest BCUT2D eigenvalue weighted by atomic mass is 10.0. The lowest BCUT2D eigenvalue weighted by Crippen LogP contribution is -2.31. The molecule has 1 N–H and O–H groups in total. The highest BCUT2D eigenvalue weighted by atomic mass is 15.2. The van der Waals surface area contributed by atoms with E-state index in [2.05, 4.69) is 27.1 Å². The summed E-state index contributed by atoms with van der Waals surface area (Å²) >= 11 is 0. The van der Waals surface area contributed by atoms with Gasteiger partial charge >= 0.3 is 0 Å². The predicted octanol–water partition coefficient (Wildman–Crippen LogP) is 2.33. The van der Waals surface area contributed by atoms with Crippen molar-refractivity contribution in [2.45, 2.75) is 32.2 Å². The van der Waals surface area contributed by atoms with Crippen LogP contribution in [0.25, 0.3) is 11.4 Å². The second-order valence-corrected chi connectivity index (χ2v) is 5.22. The standard InChI is InChI=1S/C14H19N5/c1-10-9-12(11-6-7-15-18-11)17-14(16-10)13-5-3-4-8-19(13)2/h6-7,9,13H,3-5,8H2,1-2H3,(H,15,18)/t13-/m1/s1. The van der Waals surface area contributed by atoms with Crippen LogP contribution in [-0.4, -0.2) is 38.7 Å². The molecule has 3 rings (SSSR count). The molecule has 2 aromatic rings. The first-order valence-corrected chi connectivity index (χ1v) is 6.79. The Labute approximate surface area is 113 Å². The van der Waals surface area contributed by atoms with Crippen molar-refractivity contribution in [2.75, 3.05) is 13.6 Å². The van der Waals surface area contributed by atoms with E-state index < -0.39 is 0 Å². The summed E-state index contributed by atoms with van der Waals surface area (Å²) in [6.45, 7) is 3.15. The van der Waals surface area contributed by atoms with Crippen LogP contribution in [0, 0.1) is 6.92 Å². The van der Waals surface area contributed by atoms with E-state index in [1.165, 1.54) is 12.8 Å². The number of nitrogens with zero attached hydrogens (tertiary/aromatic N) is 4. The normalized spacial score (nSPS) is 20.6. The first kappa shape index (κ1) is 12.3. The Morgan fingerprint density at radius 3 is 2.95 bits per heavy atom. The number of aromatic nitrogens is 4. The Kier molecular flexibility index (Phi) is 3.29. The van der Waals surface area contributed by atoms with E-state index in [1.54, 1.807) is 6.20 Å². The maximum absolute atomic E-state index is 4.73. The minimum Gasteiger partial charge on any atom is -0.296 e. The molecule has 5 heteroatoms. The molecule has 5 nitrogen and oxygen atoms in total. The summed E-state index contributed by atoms with van der Waals surface area (Å²) in [5.74, 6) is 0.937. The summed E-state index contributed by atoms with van der Waals surface area (Å²) in [5.41, 5.74) is 2.89. The minimum atomic E-state index is 0.343. The van der Waals surface area contributed by atoms with Crippen molar-refractivity contribution in [1.82, 2.24) is 25.1 Å². The van der Waals surface area contributed by atoms with Gasteiger partial charge < -0.3 is 0 Å². The highest BCUT2D eigenvalue weighted by molar-refractivity contribution is 5.53. The molecular formula is C14H19N5. The van der Waals surface area contributed by atoms with E-state index in [4.69, 9.17) is 4.98 Å². The predicted molar refractivity (Wildman–Crippen MR) is 73.6 cm³/mol. The first-order chi connectivity index (χ1) is 9.24. The van der Waals surface area contributed by atoms with Gasteiger partial charge in [-0.05, 0) is 45.5 Å². The highest BCUT2D eigenvalue weighted by Gasteiger charge is 2.23. The van der Waals surface area contributed by atoms with Gasteiger partial charge in [0.25, 0.3) is 0 Å². The molecule has 0 amide bonds. The van der Waals surface area contributed by atoms with Crippen molar-refractivity contribution < 1.29 is 0 Å². The van der Waals surface area contributed by atoms with E-state index in [0.717, 1.165) is 35.9 Å². The number of rotatable bonds is 2. The molecule has 3 heterocycles. The van der Waals surface area contributed by atoms with Crippen molar-refractivity contribution in [3.05, 3.63) is 29.8 Å². The number of aromatic amines is 1. The van der Waals surface area contributed by atoms with Gasteiger partial charge in [0, 0.05) is 11.9 Å². The van der Waals surface area contributed by atoms with Gasteiger partial charge in [-0.1, -0.05) is 6.42 Å². The van der Waals surface area contributed by atoms with Crippen LogP contribution < -0.4 is 0 Å². The Morgan fingerprint density at radius 2 is 2.21 bits per heavy atom. The monoisotopic (exact) mass is 257 g/mol. The fraction of sp³-hybridized carbons (Fsp3) is 0.500. The summed E-state index contributed by atoms with van der Waals surface area (Å²) in [6, 6.07) is 4.28. The summed E-state index contributed by atoms with van der Waals surface area (Å²) in [4.78, 5) is 11.7. The van der Waals surface area contributed by atoms with Crippen molar-refractivity contribution >= 4 is 0 Å². The molecule has 0 radical (unpaired) electrons. The van der Waals surface area contributed by atoms with Crippen molar-refractivity contribution in [3.8, 4) is 11.4 Å². The van der Waals surface area contributed by atoms with Gasteiger partial charge in [-0.2, -0.15) is 5.10 Å². The number of hydrogen-bond acceptors (Lipinski definition) is 4. The van der Waals surface area contributed by atoms with Crippen LogP contribution >= 0.6 is 0 Å². The Bertz CT molecular complexity index is 549. The number of piperidine rings is 1. The fourth-order valence-corrected chi connectivity index (χ4v) is 2.68. The van der Waals surface area contributed by atoms with E-state index in [-0.39, 0.29) is 0 Å². The van der Waals surface area contributed by atoms with Gasteiger partial charge in [-0.15, -0.1) is 0 Å². The average Bonchev–Trinajstić information content (AvgIpc) is 2.92. The third kappa shape index (κ3) is 2.51. The maximum Gasteiger partial charge on any atom is 0.146 e. The van der Waals surface area contributed by atoms with E-state index in [9.17, 15) is 0 Å². The number of aryl methyl sites for hydroxylation is 1. The van der Waals surface area contributed by atoms with Crippen LogP contribution in [0.5, 0.6) is 0 Å². The van der Waals surface area contributed by atoms with Crippen molar-refractivity contribution in [1.29, 1.82) is 0 Å². The zero-order valence-electron chi connectivity index (χ0n) is 11.4. The SMILES string of the molecule is Cc1cc(-c2ccn[nH]2)nc([C@H]2CCCCN2C)n1. The summed E-state index contributed by atoms with van der Waals surface area (Å²) in [7, 11) is 2.16. The summed E-state index contributed by atoms with van der Waals surface area (Å²) < 4.78 is 0. The molecule has 0 spiro atoms. The van der Waals surface area contributed by atoms with Crippen LogP contribution in [0.1, 0.15) is 36.8 Å². The molecule has 1 atom stereocenters. The topological polar surface area (TPSA) is 57.7 Å². The third-order valence-corrected chi connectivity index (χ3v) is 3.72. The molecule has 100 valence electrons. The Hall–Kier alpha value is -1.75. The highest BCUT2D eigenvalue weighted by Crippen LogP contribution is 2.28. The van der Waals surface area contributed by atoms with Gasteiger partial charge in [0.1, 0.15) is 5.82 Å². The molecule has 19 heavy (non-hydrogen) atoms. The number of nitrogens with one attached hydrogen (secondary N) is 1. The summed E-state index contributed by atoms with van der Waals surface area (Å²) in [5, 5.41) is 6.96. The Morgan fingerprint density at radius 1 is 1.32 bits per heavy atom. The molecule has 1 saturated heterocycles. The largest absolute Gasteiger partial charge is 0.296 e. The zero-order valence-corrected chi connectivity index (χ0v) is 11.4. The summed E-state index contributed by atoms with van der Waals surface area (Å²) in [6.07, 6.45) is 5.42. The van der Waals surface area contributed by atoms with Gasteiger partial charge in [0.15, 0.2) is 0 Å². The smallest absolute Gasteiger partial charge is 0.146 e. The van der Waals surface area contributed by atoms with E-state index in [0.29, 0.717) is 6.04 Å². The Balaban J connectivity index is 1.97. The molecule has 1 aliphatic rings. The molecule has 0 saturated carbocycles. The van der Waals surface area contributed by atoms with Crippen LogP contribution in [0.15, 0.2) is 18.3 Å². The zero-order chi connectivity index (χ0) is 13.2. The molecule has 0 unspecified atom stereocenters. The second kappa shape index (κ2) is 5.09. The van der Waals surface area contributed by atoms with E-state index in [1.807, 2.05) is 19.1 Å². The lowest BCUT2D eigenvalue weighted by Gasteiger charge is -2.31. The van der Waals surface area contributed by atoms with Gasteiger partial charge in [-0.25, -0.2) is 9.97 Å². The van der Waals surface area contributed by atoms with Crippen LogP contribution in [0.4, 0.5) is 0 Å². The van der Waals surface area contributed by atoms with Crippen molar-refractivity contribution in [3.63, 3.8) is 0 Å². The minimum absolute atomic E-state index is 0.343. The van der Waals surface area contributed by atoms with E-state index >= 15 is 0 Å². The maximum atomic E-state index is 4.73.